The second-order valence-electron chi connectivity index (χ2n) is 4.18. The van der Waals surface area contributed by atoms with Crippen LogP contribution in [0.2, 0.25) is 0 Å². The Morgan fingerprint density at radius 3 is 2.89 bits per heavy atom. The fourth-order valence-electron chi connectivity index (χ4n) is 1.63. The number of carbonyl (C=O) groups excluding carboxylic acids is 1. The van der Waals surface area contributed by atoms with Crippen molar-refractivity contribution in [1.29, 1.82) is 0 Å². The van der Waals surface area contributed by atoms with E-state index in [0.29, 0.717) is 30.8 Å². The largest absolute Gasteiger partial charge is 0.398 e. The van der Waals surface area contributed by atoms with Gasteiger partial charge in [-0.1, -0.05) is 0 Å². The summed E-state index contributed by atoms with van der Waals surface area (Å²) >= 11 is 0. The summed E-state index contributed by atoms with van der Waals surface area (Å²) in [6.45, 7) is 2.41. The summed E-state index contributed by atoms with van der Waals surface area (Å²) in [4.78, 5) is 11.3. The topological polar surface area (TPSA) is 84.6 Å². The molecule has 1 rings (SSSR count). The van der Waals surface area contributed by atoms with Crippen LogP contribution in [0.15, 0.2) is 18.2 Å². The van der Waals surface area contributed by atoms with Gasteiger partial charge in [0.15, 0.2) is 5.78 Å². The van der Waals surface area contributed by atoms with E-state index in [9.17, 15) is 9.90 Å². The number of benzene rings is 1. The molecular formula is C13H20N2O3. The number of Topliss-reactive ketones (excluding diaryl/α,β-unsaturated/α-hetero) is 1. The van der Waals surface area contributed by atoms with Crippen molar-refractivity contribution in [3.8, 4) is 0 Å². The molecule has 4 N–H and O–H groups in total. The minimum Gasteiger partial charge on any atom is -0.398 e. The number of carbonyl (C=O) groups is 1. The van der Waals surface area contributed by atoms with E-state index in [1.165, 1.54) is 6.92 Å². The Morgan fingerprint density at radius 1 is 1.56 bits per heavy atom. The van der Waals surface area contributed by atoms with E-state index in [1.807, 2.05) is 6.07 Å². The lowest BCUT2D eigenvalue weighted by atomic mass is 10.1. The zero-order valence-corrected chi connectivity index (χ0v) is 10.8. The molecule has 1 atom stereocenters. The van der Waals surface area contributed by atoms with Crippen molar-refractivity contribution in [3.05, 3.63) is 23.8 Å². The third-order valence-electron chi connectivity index (χ3n) is 2.60. The number of anilines is 2. The predicted octanol–water partition coefficient (Wildman–Crippen LogP) is 1.28. The summed E-state index contributed by atoms with van der Waals surface area (Å²) < 4.78 is 4.83. The number of ketones is 1. The molecule has 1 aromatic carbocycles. The monoisotopic (exact) mass is 252 g/mol. The highest BCUT2D eigenvalue weighted by molar-refractivity contribution is 5.99. The van der Waals surface area contributed by atoms with Crippen molar-refractivity contribution in [2.45, 2.75) is 19.4 Å². The second-order valence-corrected chi connectivity index (χ2v) is 4.18. The fraction of sp³-hybridized carbons (Fsp3) is 0.462. The molecule has 100 valence electrons. The molecule has 0 bridgehead atoms. The molecule has 0 spiro atoms. The molecule has 18 heavy (non-hydrogen) atoms. The van der Waals surface area contributed by atoms with E-state index < -0.39 is 6.10 Å². The molecule has 0 aromatic heterocycles. The highest BCUT2D eigenvalue weighted by Gasteiger charge is 2.06. The highest BCUT2D eigenvalue weighted by atomic mass is 16.5. The van der Waals surface area contributed by atoms with E-state index in [1.54, 1.807) is 19.2 Å². The number of nitrogens with two attached hydrogens (primary N) is 1. The SMILES string of the molecule is COCC(O)CCNc1ccc(N)c(C(C)=O)c1. The van der Waals surface area contributed by atoms with Crippen LogP contribution in [0.4, 0.5) is 11.4 Å². The Bertz CT molecular complexity index is 407. The van der Waals surface area contributed by atoms with Gasteiger partial charge in [0.2, 0.25) is 0 Å². The van der Waals surface area contributed by atoms with Crippen molar-refractivity contribution < 1.29 is 14.6 Å². The fourth-order valence-corrected chi connectivity index (χ4v) is 1.63. The van der Waals surface area contributed by atoms with E-state index in [0.717, 1.165) is 5.69 Å². The van der Waals surface area contributed by atoms with Crippen LogP contribution >= 0.6 is 0 Å². The van der Waals surface area contributed by atoms with E-state index in [2.05, 4.69) is 5.32 Å². The van der Waals surface area contributed by atoms with Crippen molar-refractivity contribution in [1.82, 2.24) is 0 Å². The lowest BCUT2D eigenvalue weighted by molar-refractivity contribution is 0.0615. The number of rotatable bonds is 7. The zero-order chi connectivity index (χ0) is 13.5. The quantitative estimate of drug-likeness (QED) is 0.503. The molecule has 5 heteroatoms. The smallest absolute Gasteiger partial charge is 0.161 e. The van der Waals surface area contributed by atoms with Gasteiger partial charge < -0.3 is 20.9 Å². The molecular weight excluding hydrogens is 232 g/mol. The van der Waals surface area contributed by atoms with Crippen LogP contribution in [0.1, 0.15) is 23.7 Å². The Hall–Kier alpha value is -1.59. The number of methoxy groups -OCH3 is 1. The summed E-state index contributed by atoms with van der Waals surface area (Å²) in [5.41, 5.74) is 7.51. The molecule has 0 heterocycles. The first kappa shape index (κ1) is 14.5. The van der Waals surface area contributed by atoms with Gasteiger partial charge in [-0.05, 0) is 31.5 Å². The van der Waals surface area contributed by atoms with Crippen molar-refractivity contribution in [2.75, 3.05) is 31.3 Å². The summed E-state index contributed by atoms with van der Waals surface area (Å²) in [5.74, 6) is -0.0597. The minimum absolute atomic E-state index is 0.0597. The molecule has 0 aliphatic carbocycles. The van der Waals surface area contributed by atoms with Gasteiger partial charge in [0, 0.05) is 30.6 Å². The lowest BCUT2D eigenvalue weighted by Gasteiger charge is -2.12. The Morgan fingerprint density at radius 2 is 2.28 bits per heavy atom. The second kappa shape index (κ2) is 6.98. The molecule has 0 saturated heterocycles. The maximum atomic E-state index is 11.3. The van der Waals surface area contributed by atoms with Gasteiger partial charge in [0.05, 0.1) is 12.7 Å². The summed E-state index contributed by atoms with van der Waals surface area (Å²) in [5, 5.41) is 12.6. The van der Waals surface area contributed by atoms with Gasteiger partial charge in [-0.15, -0.1) is 0 Å². The number of aliphatic hydroxyl groups excluding tert-OH is 1. The molecule has 1 aromatic rings. The third-order valence-corrected chi connectivity index (χ3v) is 2.60. The van der Waals surface area contributed by atoms with Gasteiger partial charge in [-0.2, -0.15) is 0 Å². The van der Waals surface area contributed by atoms with Crippen LogP contribution in [-0.2, 0) is 4.74 Å². The molecule has 1 unspecified atom stereocenters. The van der Waals surface area contributed by atoms with E-state index in [4.69, 9.17) is 10.5 Å². The minimum atomic E-state index is -0.483. The van der Waals surface area contributed by atoms with Crippen LogP contribution in [0.3, 0.4) is 0 Å². The van der Waals surface area contributed by atoms with Gasteiger partial charge >= 0.3 is 0 Å². The lowest BCUT2D eigenvalue weighted by Crippen LogP contribution is -2.18. The maximum Gasteiger partial charge on any atom is 0.161 e. The average molecular weight is 252 g/mol. The van der Waals surface area contributed by atoms with Gasteiger partial charge in [0.1, 0.15) is 0 Å². The summed E-state index contributed by atoms with van der Waals surface area (Å²) in [6, 6.07) is 5.23. The Balaban J connectivity index is 2.53. The summed E-state index contributed by atoms with van der Waals surface area (Å²) in [6.07, 6.45) is 0.0942. The van der Waals surface area contributed by atoms with Crippen molar-refractivity contribution in [3.63, 3.8) is 0 Å². The van der Waals surface area contributed by atoms with Crippen LogP contribution in [0, 0.1) is 0 Å². The van der Waals surface area contributed by atoms with Gasteiger partial charge in [0.25, 0.3) is 0 Å². The van der Waals surface area contributed by atoms with Gasteiger partial charge in [-0.3, -0.25) is 4.79 Å². The van der Waals surface area contributed by atoms with Crippen LogP contribution in [-0.4, -0.2) is 37.3 Å². The van der Waals surface area contributed by atoms with E-state index >= 15 is 0 Å². The Kier molecular flexibility index (Phi) is 5.61. The van der Waals surface area contributed by atoms with Crippen LogP contribution < -0.4 is 11.1 Å². The molecule has 0 saturated carbocycles. The Labute approximate surface area is 107 Å². The van der Waals surface area contributed by atoms with Crippen LogP contribution in [0.25, 0.3) is 0 Å². The molecule has 5 nitrogen and oxygen atoms in total. The van der Waals surface area contributed by atoms with Crippen molar-refractivity contribution in [2.24, 2.45) is 0 Å². The van der Waals surface area contributed by atoms with Crippen molar-refractivity contribution >= 4 is 17.2 Å². The number of hydrogen-bond acceptors (Lipinski definition) is 5. The first-order valence-corrected chi connectivity index (χ1v) is 5.86. The van der Waals surface area contributed by atoms with Crippen LogP contribution in [0.5, 0.6) is 0 Å². The zero-order valence-electron chi connectivity index (χ0n) is 10.8. The number of hydrogen-bond donors (Lipinski definition) is 3. The number of nitrogens with one attached hydrogen (secondary N) is 1. The number of nitrogen functional groups attached to an aromatic ring is 1. The molecule has 0 aliphatic rings. The highest BCUT2D eigenvalue weighted by Crippen LogP contribution is 2.18. The first-order valence-electron chi connectivity index (χ1n) is 5.86. The summed E-state index contributed by atoms with van der Waals surface area (Å²) in [7, 11) is 1.55. The predicted molar refractivity (Wildman–Crippen MR) is 71.8 cm³/mol. The normalized spacial score (nSPS) is 12.2. The molecule has 0 fully saturated rings. The maximum absolute atomic E-state index is 11.3. The third kappa shape index (κ3) is 4.35. The average Bonchev–Trinajstić information content (AvgIpc) is 2.31. The molecule has 0 amide bonds. The van der Waals surface area contributed by atoms with E-state index in [-0.39, 0.29) is 5.78 Å². The van der Waals surface area contributed by atoms with Gasteiger partial charge in [-0.25, -0.2) is 0 Å². The first-order chi connectivity index (χ1) is 8.54. The molecule has 0 radical (unpaired) electrons. The molecule has 0 aliphatic heterocycles. The number of aliphatic hydroxyl groups is 1. The standard InChI is InChI=1S/C13H20N2O3/c1-9(16)12-7-10(3-4-13(12)14)15-6-5-11(17)8-18-2/h3-4,7,11,15,17H,5-6,8,14H2,1-2H3. The number of ether oxygens (including phenoxy) is 1.